The first-order valence-electron chi connectivity index (χ1n) is 7.62. The van der Waals surface area contributed by atoms with E-state index in [9.17, 15) is 4.79 Å². The van der Waals surface area contributed by atoms with E-state index >= 15 is 0 Å². The molecule has 0 saturated carbocycles. The number of imidazole rings is 1. The summed E-state index contributed by atoms with van der Waals surface area (Å²) in [5, 5.41) is 4.18. The van der Waals surface area contributed by atoms with Crippen LogP contribution in [-0.2, 0) is 13.1 Å². The molecule has 4 heterocycles. The second-order valence-electron chi connectivity index (χ2n) is 6.00. The van der Waals surface area contributed by atoms with Crippen molar-refractivity contribution in [3.8, 4) is 0 Å². The van der Waals surface area contributed by atoms with Gasteiger partial charge in [0.1, 0.15) is 12.0 Å². The summed E-state index contributed by atoms with van der Waals surface area (Å²) in [5.74, 6) is 0.600. The van der Waals surface area contributed by atoms with Crippen LogP contribution >= 0.6 is 0 Å². The molecule has 0 atom stereocenters. The van der Waals surface area contributed by atoms with Gasteiger partial charge in [-0.05, 0) is 12.0 Å². The molecule has 0 N–H and O–H groups in total. The molecule has 1 aliphatic heterocycles. The van der Waals surface area contributed by atoms with Crippen molar-refractivity contribution in [2.45, 2.75) is 32.9 Å². The number of rotatable bonds is 2. The molecule has 1 aliphatic rings. The smallest absolute Gasteiger partial charge is 0.273 e. The predicted molar refractivity (Wildman–Crippen MR) is 81.8 cm³/mol. The summed E-state index contributed by atoms with van der Waals surface area (Å²) in [7, 11) is 0. The zero-order valence-corrected chi connectivity index (χ0v) is 13.0. The summed E-state index contributed by atoms with van der Waals surface area (Å²) in [6.07, 6.45) is 5.06. The van der Waals surface area contributed by atoms with E-state index in [1.165, 1.54) is 6.33 Å². The molecular weight excluding hydrogens is 294 g/mol. The number of carbonyl (C=O) groups is 1. The van der Waals surface area contributed by atoms with Crippen molar-refractivity contribution in [2.24, 2.45) is 0 Å². The fourth-order valence-electron chi connectivity index (χ4n) is 2.88. The number of amides is 1. The van der Waals surface area contributed by atoms with E-state index in [2.05, 4.69) is 38.5 Å². The molecule has 0 unspecified atom stereocenters. The molecule has 4 rings (SSSR count). The first-order valence-corrected chi connectivity index (χ1v) is 7.62. The molecule has 0 saturated heterocycles. The third-order valence-electron chi connectivity index (χ3n) is 4.14. The van der Waals surface area contributed by atoms with Crippen LogP contribution in [0.3, 0.4) is 0 Å². The topological polar surface area (TPSA) is 81.2 Å². The van der Waals surface area contributed by atoms with Gasteiger partial charge in [0.05, 0.1) is 24.3 Å². The summed E-state index contributed by atoms with van der Waals surface area (Å²) in [4.78, 5) is 27.3. The number of nitrogens with zero attached hydrogens (tertiary/aromatic N) is 7. The number of carbonyl (C=O) groups excluding carboxylic acids is 1. The largest absolute Gasteiger partial charge is 0.331 e. The van der Waals surface area contributed by atoms with E-state index in [0.29, 0.717) is 24.6 Å². The van der Waals surface area contributed by atoms with Gasteiger partial charge in [-0.15, -0.1) is 0 Å². The maximum absolute atomic E-state index is 12.8. The minimum absolute atomic E-state index is 0.0788. The maximum Gasteiger partial charge on any atom is 0.273 e. The Bertz CT molecular complexity index is 879. The van der Waals surface area contributed by atoms with Crippen LogP contribution in [0.2, 0.25) is 0 Å². The second-order valence-corrected chi connectivity index (χ2v) is 6.00. The molecule has 0 aliphatic carbocycles. The minimum Gasteiger partial charge on any atom is -0.331 e. The van der Waals surface area contributed by atoms with Crippen LogP contribution in [0.25, 0.3) is 5.78 Å². The van der Waals surface area contributed by atoms with Gasteiger partial charge < -0.3 is 9.47 Å². The number of hydrogen-bond acceptors (Lipinski definition) is 5. The summed E-state index contributed by atoms with van der Waals surface area (Å²) >= 11 is 0. The monoisotopic (exact) mass is 311 g/mol. The first kappa shape index (κ1) is 13.9. The highest BCUT2D eigenvalue weighted by molar-refractivity contribution is 5.92. The Morgan fingerprint density at radius 3 is 3.00 bits per heavy atom. The molecule has 3 aromatic heterocycles. The van der Waals surface area contributed by atoms with Crippen molar-refractivity contribution < 1.29 is 4.79 Å². The van der Waals surface area contributed by atoms with Crippen molar-refractivity contribution in [3.63, 3.8) is 0 Å². The minimum atomic E-state index is -0.0788. The summed E-state index contributed by atoms with van der Waals surface area (Å²) in [5.41, 5.74) is 2.39. The zero-order valence-electron chi connectivity index (χ0n) is 13.0. The van der Waals surface area contributed by atoms with Crippen molar-refractivity contribution in [1.82, 2.24) is 34.0 Å². The highest BCUT2D eigenvalue weighted by atomic mass is 16.2. The van der Waals surface area contributed by atoms with Gasteiger partial charge in [0.2, 0.25) is 0 Å². The molecular formula is C15H17N7O. The standard InChI is InChI=1S/C15H17N7O/c1-10(2)13-5-12(19-15-17-8-18-22(13)15)14(23)20-3-4-21-9-16-6-11(21)7-20/h5-6,8-10H,3-4,7H2,1-2H3. The van der Waals surface area contributed by atoms with Gasteiger partial charge in [0.25, 0.3) is 11.7 Å². The molecule has 23 heavy (non-hydrogen) atoms. The van der Waals surface area contributed by atoms with Gasteiger partial charge in [-0.3, -0.25) is 4.79 Å². The number of fused-ring (bicyclic) bond motifs is 2. The molecule has 0 aromatic carbocycles. The van der Waals surface area contributed by atoms with Crippen LogP contribution in [0.4, 0.5) is 0 Å². The zero-order chi connectivity index (χ0) is 16.0. The first-order chi connectivity index (χ1) is 11.1. The van der Waals surface area contributed by atoms with Crippen molar-refractivity contribution in [2.75, 3.05) is 6.54 Å². The Hall–Kier alpha value is -2.77. The average Bonchev–Trinajstić information content (AvgIpc) is 3.20. The van der Waals surface area contributed by atoms with Gasteiger partial charge in [-0.25, -0.2) is 14.5 Å². The molecule has 118 valence electrons. The fraction of sp³-hybridized carbons (Fsp3) is 0.400. The van der Waals surface area contributed by atoms with Crippen molar-refractivity contribution in [3.05, 3.63) is 42.0 Å². The lowest BCUT2D eigenvalue weighted by atomic mass is 10.1. The van der Waals surface area contributed by atoms with Gasteiger partial charge in [-0.1, -0.05) is 13.8 Å². The average molecular weight is 311 g/mol. The van der Waals surface area contributed by atoms with Crippen LogP contribution in [0.1, 0.15) is 41.6 Å². The molecule has 3 aromatic rings. The van der Waals surface area contributed by atoms with Gasteiger partial charge in [0.15, 0.2) is 0 Å². The van der Waals surface area contributed by atoms with Crippen molar-refractivity contribution >= 4 is 11.7 Å². The Morgan fingerprint density at radius 2 is 2.17 bits per heavy atom. The van der Waals surface area contributed by atoms with Crippen LogP contribution in [0, 0.1) is 0 Å². The van der Waals surface area contributed by atoms with E-state index in [-0.39, 0.29) is 11.8 Å². The Labute approximate surface area is 132 Å². The maximum atomic E-state index is 12.8. The molecule has 8 nitrogen and oxygen atoms in total. The summed E-state index contributed by atoms with van der Waals surface area (Å²) < 4.78 is 3.76. The lowest BCUT2D eigenvalue weighted by Gasteiger charge is -2.28. The normalized spacial score (nSPS) is 14.5. The third kappa shape index (κ3) is 2.26. The lowest BCUT2D eigenvalue weighted by molar-refractivity contribution is 0.0705. The molecule has 0 fully saturated rings. The van der Waals surface area contributed by atoms with E-state index in [0.717, 1.165) is 17.9 Å². The molecule has 1 amide bonds. The Morgan fingerprint density at radius 1 is 1.30 bits per heavy atom. The third-order valence-corrected chi connectivity index (χ3v) is 4.14. The lowest BCUT2D eigenvalue weighted by Crippen LogP contribution is -2.38. The van der Waals surface area contributed by atoms with Gasteiger partial charge in [-0.2, -0.15) is 10.1 Å². The molecule has 0 spiro atoms. The van der Waals surface area contributed by atoms with Crippen LogP contribution in [0.5, 0.6) is 0 Å². The van der Waals surface area contributed by atoms with Crippen LogP contribution in [0.15, 0.2) is 24.9 Å². The van der Waals surface area contributed by atoms with Crippen molar-refractivity contribution in [1.29, 1.82) is 0 Å². The quantitative estimate of drug-likeness (QED) is 0.708. The fourth-order valence-corrected chi connectivity index (χ4v) is 2.88. The summed E-state index contributed by atoms with van der Waals surface area (Å²) in [6, 6.07) is 1.82. The van der Waals surface area contributed by atoms with E-state index in [4.69, 9.17) is 0 Å². The second kappa shape index (κ2) is 5.15. The van der Waals surface area contributed by atoms with Gasteiger partial charge >= 0.3 is 0 Å². The number of hydrogen-bond donors (Lipinski definition) is 0. The predicted octanol–water partition coefficient (Wildman–Crippen LogP) is 1.10. The number of aromatic nitrogens is 6. The van der Waals surface area contributed by atoms with E-state index in [1.54, 1.807) is 21.9 Å². The molecule has 0 bridgehead atoms. The Kier molecular flexibility index (Phi) is 3.10. The molecule has 0 radical (unpaired) electrons. The Balaban J connectivity index is 1.70. The van der Waals surface area contributed by atoms with Gasteiger partial charge in [0, 0.05) is 19.3 Å². The highest BCUT2D eigenvalue weighted by Gasteiger charge is 2.24. The molecule has 8 heteroatoms. The van der Waals surface area contributed by atoms with Crippen LogP contribution in [-0.4, -0.2) is 46.5 Å². The van der Waals surface area contributed by atoms with E-state index < -0.39 is 0 Å². The SMILES string of the molecule is CC(C)c1cc(C(=O)N2CCn3cncc3C2)nc2ncnn12. The van der Waals surface area contributed by atoms with E-state index in [1.807, 2.05) is 6.07 Å². The highest BCUT2D eigenvalue weighted by Crippen LogP contribution is 2.18. The summed E-state index contributed by atoms with van der Waals surface area (Å²) in [6.45, 7) is 6.08. The van der Waals surface area contributed by atoms with Crippen LogP contribution < -0.4 is 0 Å².